The zero-order valence-corrected chi connectivity index (χ0v) is 24.6. The fourth-order valence-electron chi connectivity index (χ4n) is 4.97. The second kappa shape index (κ2) is 10.6. The number of aromatic nitrogens is 6. The van der Waals surface area contributed by atoms with Gasteiger partial charge in [0.15, 0.2) is 5.82 Å². The van der Waals surface area contributed by atoms with Crippen LogP contribution in [-0.2, 0) is 10.2 Å². The molecule has 0 spiro atoms. The minimum absolute atomic E-state index is 0.130. The van der Waals surface area contributed by atoms with Gasteiger partial charge in [0.1, 0.15) is 29.1 Å². The number of aryl methyl sites for hydroxylation is 1. The molecule has 0 radical (unpaired) electrons. The fraction of sp³-hybridized carbons (Fsp3) is 0.172. The van der Waals surface area contributed by atoms with E-state index in [4.69, 9.17) is 5.10 Å². The first-order valence-electron chi connectivity index (χ1n) is 13.3. The average Bonchev–Trinajstić information content (AvgIpc) is 3.57. The molecule has 0 bridgehead atoms. The summed E-state index contributed by atoms with van der Waals surface area (Å²) in [5.74, 6) is 0.778. The molecule has 0 fully saturated rings. The van der Waals surface area contributed by atoms with Crippen LogP contribution in [0.15, 0.2) is 78.1 Å². The van der Waals surface area contributed by atoms with Crippen LogP contribution in [0.2, 0.25) is 0 Å². The number of rotatable bonds is 8. The van der Waals surface area contributed by atoms with Crippen molar-refractivity contribution in [2.75, 3.05) is 24.1 Å². The molecule has 0 aliphatic heterocycles. The Hall–Kier alpha value is -5.21. The van der Waals surface area contributed by atoms with Gasteiger partial charge in [0.05, 0.1) is 22.8 Å². The molecule has 2 aromatic carbocycles. The number of benzene rings is 2. The minimum Gasteiger partial charge on any atom is -0.508 e. The van der Waals surface area contributed by atoms with Crippen LogP contribution in [0.3, 0.4) is 0 Å². The molecular formula is C29H29N9O4S. The highest BCUT2D eigenvalue weighted by Gasteiger charge is 2.22. The van der Waals surface area contributed by atoms with Gasteiger partial charge in [0, 0.05) is 38.1 Å². The van der Waals surface area contributed by atoms with Gasteiger partial charge in [0.2, 0.25) is 0 Å². The molecule has 0 aliphatic rings. The maximum atomic E-state index is 13.8. The number of hydrogen-bond donors (Lipinski definition) is 4. The number of aromatic hydroxyl groups is 1. The van der Waals surface area contributed by atoms with Gasteiger partial charge in [-0.1, -0.05) is 18.2 Å². The van der Waals surface area contributed by atoms with E-state index in [0.29, 0.717) is 45.0 Å². The first-order valence-corrected chi connectivity index (χ1v) is 14.8. The van der Waals surface area contributed by atoms with Crippen LogP contribution in [0, 0.1) is 6.92 Å². The molecule has 0 saturated heterocycles. The number of aromatic amines is 1. The van der Waals surface area contributed by atoms with Crippen molar-refractivity contribution in [1.82, 2.24) is 33.4 Å². The van der Waals surface area contributed by atoms with Gasteiger partial charge in [0.25, 0.3) is 5.56 Å². The molecule has 4 heterocycles. The molecule has 0 amide bonds. The van der Waals surface area contributed by atoms with Gasteiger partial charge >= 0.3 is 10.2 Å². The number of anilines is 2. The molecule has 0 saturated carbocycles. The van der Waals surface area contributed by atoms with Gasteiger partial charge in [-0.2, -0.15) is 17.8 Å². The summed E-state index contributed by atoms with van der Waals surface area (Å²) in [6.45, 7) is 3.75. The maximum Gasteiger partial charge on any atom is 0.301 e. The molecule has 43 heavy (non-hydrogen) atoms. The van der Waals surface area contributed by atoms with Gasteiger partial charge in [-0.05, 0) is 55.3 Å². The van der Waals surface area contributed by atoms with Crippen molar-refractivity contribution in [1.29, 1.82) is 0 Å². The first kappa shape index (κ1) is 27.9. The summed E-state index contributed by atoms with van der Waals surface area (Å²) < 4.78 is 31.5. The quantitative estimate of drug-likeness (QED) is 0.205. The highest BCUT2D eigenvalue weighted by molar-refractivity contribution is 7.90. The van der Waals surface area contributed by atoms with Gasteiger partial charge < -0.3 is 15.4 Å². The lowest BCUT2D eigenvalue weighted by Gasteiger charge is -2.20. The third kappa shape index (κ3) is 5.06. The van der Waals surface area contributed by atoms with Crippen LogP contribution in [0.1, 0.15) is 24.4 Å². The molecule has 4 aromatic heterocycles. The Labute approximate surface area is 246 Å². The van der Waals surface area contributed by atoms with Crippen LogP contribution >= 0.6 is 0 Å². The minimum atomic E-state index is -3.80. The second-order valence-corrected chi connectivity index (χ2v) is 12.2. The molecule has 220 valence electrons. The standard InChI is InChI=1S/C29H29N9O4S/c1-17-10-11-37-25(17)29(40)38(21-8-6-5-7-9-21)28(34-37)18(2)33-27-24-23(15-30-26(24)31-16-32-27)19-12-20(14-22(39)13-19)35-43(41,42)36(3)4/h5-16,18,35,39H,1-4H3,(H2,30,31,32,33)/t18-/m0/s1. The number of para-hydroxylation sites is 1. The van der Waals surface area contributed by atoms with Crippen LogP contribution < -0.4 is 15.6 Å². The molecule has 1 atom stereocenters. The van der Waals surface area contributed by atoms with Crippen LogP contribution in [0.25, 0.3) is 33.4 Å². The van der Waals surface area contributed by atoms with Crippen molar-refractivity contribution in [2.45, 2.75) is 19.9 Å². The molecule has 0 aliphatic carbocycles. The van der Waals surface area contributed by atoms with E-state index < -0.39 is 16.3 Å². The zero-order chi connectivity index (χ0) is 30.5. The van der Waals surface area contributed by atoms with Crippen molar-refractivity contribution in [2.24, 2.45) is 0 Å². The van der Waals surface area contributed by atoms with Gasteiger partial charge in [-0.25, -0.2) is 14.5 Å². The van der Waals surface area contributed by atoms with E-state index in [-0.39, 0.29) is 17.0 Å². The lowest BCUT2D eigenvalue weighted by Crippen LogP contribution is -2.29. The molecule has 6 rings (SSSR count). The molecule has 6 aromatic rings. The number of phenolic OH excluding ortho intramolecular Hbond substituents is 1. The number of phenols is 1. The Morgan fingerprint density at radius 2 is 1.84 bits per heavy atom. The first-order chi connectivity index (χ1) is 20.5. The Balaban J connectivity index is 1.45. The summed E-state index contributed by atoms with van der Waals surface area (Å²) in [5.41, 5.74) is 3.63. The normalized spacial score (nSPS) is 12.7. The van der Waals surface area contributed by atoms with Crippen molar-refractivity contribution in [3.63, 3.8) is 0 Å². The second-order valence-electron chi connectivity index (χ2n) is 10.3. The lowest BCUT2D eigenvalue weighted by atomic mass is 10.0. The monoisotopic (exact) mass is 599 g/mol. The van der Waals surface area contributed by atoms with E-state index in [0.717, 1.165) is 9.87 Å². The number of nitrogens with zero attached hydrogens (tertiary/aromatic N) is 6. The van der Waals surface area contributed by atoms with Gasteiger partial charge in [-0.3, -0.25) is 14.1 Å². The third-order valence-corrected chi connectivity index (χ3v) is 8.55. The number of fused-ring (bicyclic) bond motifs is 2. The SMILES string of the molecule is Cc1ccn2nc([C@H](C)Nc3ncnc4[nH]cc(-c5cc(O)cc(NS(=O)(=O)N(C)C)c5)c34)n(-c3ccccc3)c(=O)c12. The van der Waals surface area contributed by atoms with E-state index in [2.05, 4.69) is 25.0 Å². The fourth-order valence-corrected chi connectivity index (χ4v) is 5.57. The molecular weight excluding hydrogens is 570 g/mol. The van der Waals surface area contributed by atoms with Crippen molar-refractivity contribution < 1.29 is 13.5 Å². The molecule has 13 nitrogen and oxygen atoms in total. The lowest BCUT2D eigenvalue weighted by molar-refractivity contribution is 0.476. The largest absolute Gasteiger partial charge is 0.508 e. The van der Waals surface area contributed by atoms with Crippen molar-refractivity contribution >= 4 is 38.3 Å². The summed E-state index contributed by atoms with van der Waals surface area (Å²) >= 11 is 0. The summed E-state index contributed by atoms with van der Waals surface area (Å²) in [7, 11) is -0.992. The summed E-state index contributed by atoms with van der Waals surface area (Å²) in [6, 6.07) is 15.1. The van der Waals surface area contributed by atoms with Gasteiger partial charge in [-0.15, -0.1) is 0 Å². The number of H-pyrrole nitrogens is 1. The van der Waals surface area contributed by atoms with Crippen molar-refractivity contribution in [3.8, 4) is 22.6 Å². The van der Waals surface area contributed by atoms with E-state index in [1.807, 2.05) is 50.2 Å². The summed E-state index contributed by atoms with van der Waals surface area (Å²) in [6.07, 6.45) is 4.88. The third-order valence-electron chi connectivity index (χ3n) is 7.09. The Kier molecular flexibility index (Phi) is 6.86. The van der Waals surface area contributed by atoms with E-state index in [1.165, 1.54) is 32.6 Å². The van der Waals surface area contributed by atoms with E-state index >= 15 is 0 Å². The Morgan fingerprint density at radius 3 is 2.58 bits per heavy atom. The molecule has 14 heteroatoms. The Bertz CT molecular complexity index is 2150. The highest BCUT2D eigenvalue weighted by Crippen LogP contribution is 2.36. The Morgan fingerprint density at radius 1 is 1.07 bits per heavy atom. The van der Waals surface area contributed by atoms with E-state index in [9.17, 15) is 18.3 Å². The molecule has 4 N–H and O–H groups in total. The molecule has 0 unspecified atom stereocenters. The topological polar surface area (TPSA) is 163 Å². The predicted molar refractivity (Wildman–Crippen MR) is 165 cm³/mol. The van der Waals surface area contributed by atoms with E-state index in [1.54, 1.807) is 27.5 Å². The number of hydrogen-bond acceptors (Lipinski definition) is 8. The predicted octanol–water partition coefficient (Wildman–Crippen LogP) is 3.83. The van der Waals surface area contributed by atoms with Crippen molar-refractivity contribution in [3.05, 3.63) is 95.1 Å². The average molecular weight is 600 g/mol. The van der Waals surface area contributed by atoms with Crippen LogP contribution in [0.5, 0.6) is 5.75 Å². The zero-order valence-electron chi connectivity index (χ0n) is 23.8. The van der Waals surface area contributed by atoms with Crippen LogP contribution in [0.4, 0.5) is 11.5 Å². The van der Waals surface area contributed by atoms with Crippen LogP contribution in [-0.4, -0.2) is 61.1 Å². The number of nitrogens with one attached hydrogen (secondary N) is 3. The summed E-state index contributed by atoms with van der Waals surface area (Å²) in [4.78, 5) is 25.8. The highest BCUT2D eigenvalue weighted by atomic mass is 32.2. The smallest absolute Gasteiger partial charge is 0.301 e. The maximum absolute atomic E-state index is 13.8. The summed E-state index contributed by atoms with van der Waals surface area (Å²) in [5, 5.41) is 19.3.